The highest BCUT2D eigenvalue weighted by Gasteiger charge is 2.28. The molecule has 1 amide bonds. The number of halogens is 2. The van der Waals surface area contributed by atoms with Gasteiger partial charge in [-0.3, -0.25) is 9.69 Å². The van der Waals surface area contributed by atoms with Crippen molar-refractivity contribution in [2.24, 2.45) is 0 Å². The number of nitrogens with zero attached hydrogens (tertiary/aromatic N) is 3. The predicted octanol–water partition coefficient (Wildman–Crippen LogP) is 4.60. The van der Waals surface area contributed by atoms with E-state index in [0.717, 1.165) is 69.7 Å². The van der Waals surface area contributed by atoms with Crippen molar-refractivity contribution in [3.05, 3.63) is 51.3 Å². The molecular formula is C20H23Cl2N3O2. The van der Waals surface area contributed by atoms with Crippen LogP contribution in [0.15, 0.2) is 28.8 Å². The van der Waals surface area contributed by atoms with Crippen molar-refractivity contribution in [2.45, 2.75) is 38.1 Å². The average Bonchev–Trinajstić information content (AvgIpc) is 3.36. The van der Waals surface area contributed by atoms with E-state index in [2.05, 4.69) is 10.1 Å². The van der Waals surface area contributed by atoms with Crippen LogP contribution in [-0.2, 0) is 6.54 Å². The molecule has 0 radical (unpaired) electrons. The minimum atomic E-state index is -0.0327. The van der Waals surface area contributed by atoms with Crippen LogP contribution in [-0.4, -0.2) is 47.0 Å². The summed E-state index contributed by atoms with van der Waals surface area (Å²) in [6, 6.07) is 7.62. The van der Waals surface area contributed by atoms with Crippen LogP contribution in [0.2, 0.25) is 10.0 Å². The fourth-order valence-corrected chi connectivity index (χ4v) is 4.32. The molecule has 2 aromatic rings. The Labute approximate surface area is 169 Å². The van der Waals surface area contributed by atoms with E-state index in [0.29, 0.717) is 15.8 Å². The summed E-state index contributed by atoms with van der Waals surface area (Å²) in [4.78, 5) is 16.7. The Kier molecular flexibility index (Phi) is 5.71. The lowest BCUT2D eigenvalue weighted by Crippen LogP contribution is -2.34. The maximum atomic E-state index is 12.5. The zero-order chi connectivity index (χ0) is 18.8. The van der Waals surface area contributed by atoms with Gasteiger partial charge in [0.15, 0.2) is 0 Å². The summed E-state index contributed by atoms with van der Waals surface area (Å²) in [5.41, 5.74) is 2.03. The van der Waals surface area contributed by atoms with Gasteiger partial charge in [0.2, 0.25) is 5.76 Å². The number of hydrogen-bond acceptors (Lipinski definition) is 4. The Balaban J connectivity index is 1.40. The zero-order valence-electron chi connectivity index (χ0n) is 15.2. The lowest BCUT2D eigenvalue weighted by molar-refractivity contribution is 0.0751. The molecule has 1 atom stereocenters. The second-order valence-corrected chi connectivity index (χ2v) is 8.25. The summed E-state index contributed by atoms with van der Waals surface area (Å²) in [6.07, 6.45) is 4.29. The molecule has 4 rings (SSSR count). The molecule has 144 valence electrons. The van der Waals surface area contributed by atoms with Gasteiger partial charge in [-0.15, -0.1) is 0 Å². The van der Waals surface area contributed by atoms with Crippen LogP contribution in [0.1, 0.15) is 53.4 Å². The van der Waals surface area contributed by atoms with Crippen molar-refractivity contribution >= 4 is 29.1 Å². The molecule has 2 aliphatic rings. The van der Waals surface area contributed by atoms with Crippen molar-refractivity contribution in [3.8, 4) is 0 Å². The molecule has 2 aliphatic heterocycles. The van der Waals surface area contributed by atoms with Crippen LogP contribution in [0.5, 0.6) is 0 Å². The smallest absolute Gasteiger partial charge is 0.292 e. The highest BCUT2D eigenvalue weighted by Crippen LogP contribution is 2.29. The van der Waals surface area contributed by atoms with Gasteiger partial charge in [-0.05, 0) is 49.9 Å². The first-order valence-electron chi connectivity index (χ1n) is 9.52. The highest BCUT2D eigenvalue weighted by atomic mass is 35.5. The first-order valence-corrected chi connectivity index (χ1v) is 10.3. The highest BCUT2D eigenvalue weighted by molar-refractivity contribution is 6.42. The van der Waals surface area contributed by atoms with E-state index in [1.165, 1.54) is 0 Å². The quantitative estimate of drug-likeness (QED) is 0.742. The Morgan fingerprint density at radius 1 is 1.11 bits per heavy atom. The monoisotopic (exact) mass is 407 g/mol. The van der Waals surface area contributed by atoms with Gasteiger partial charge in [-0.1, -0.05) is 34.4 Å². The summed E-state index contributed by atoms with van der Waals surface area (Å²) < 4.78 is 5.38. The molecule has 2 saturated heterocycles. The van der Waals surface area contributed by atoms with Crippen LogP contribution in [0.4, 0.5) is 0 Å². The molecule has 3 heterocycles. The fourth-order valence-electron chi connectivity index (χ4n) is 3.99. The molecule has 0 spiro atoms. The number of rotatable bonds is 4. The zero-order valence-corrected chi connectivity index (χ0v) is 16.7. The van der Waals surface area contributed by atoms with E-state index in [1.807, 2.05) is 29.2 Å². The predicted molar refractivity (Wildman–Crippen MR) is 105 cm³/mol. The molecule has 5 nitrogen and oxygen atoms in total. The Hall–Kier alpha value is -1.56. The standard InChI is InChI=1S/C20H23Cl2N3O2/c21-16-6-5-14(10-17(16)22)12-24-7-3-4-15(13-24)18-11-19(27-23-18)20(26)25-8-1-2-9-25/h5-6,10-11,15H,1-4,7-9,12-13H2/t15-/m0/s1. The Bertz CT molecular complexity index is 817. The normalized spacial score (nSPS) is 21.0. The number of likely N-dealkylation sites (tertiary alicyclic amines) is 2. The third-order valence-electron chi connectivity index (χ3n) is 5.45. The molecule has 1 aromatic carbocycles. The molecule has 27 heavy (non-hydrogen) atoms. The number of carbonyl (C=O) groups is 1. The van der Waals surface area contributed by atoms with Gasteiger partial charge in [-0.2, -0.15) is 0 Å². The number of benzene rings is 1. The lowest BCUT2D eigenvalue weighted by atomic mass is 9.94. The van der Waals surface area contributed by atoms with Crippen molar-refractivity contribution in [1.82, 2.24) is 15.0 Å². The largest absolute Gasteiger partial charge is 0.351 e. The summed E-state index contributed by atoms with van der Waals surface area (Å²) >= 11 is 12.1. The topological polar surface area (TPSA) is 49.6 Å². The number of piperidine rings is 1. The number of amides is 1. The number of carbonyl (C=O) groups excluding carboxylic acids is 1. The molecule has 0 aliphatic carbocycles. The van der Waals surface area contributed by atoms with Crippen LogP contribution >= 0.6 is 23.2 Å². The van der Waals surface area contributed by atoms with Gasteiger partial charge in [-0.25, -0.2) is 0 Å². The van der Waals surface area contributed by atoms with E-state index in [-0.39, 0.29) is 11.8 Å². The second-order valence-electron chi connectivity index (χ2n) is 7.44. The van der Waals surface area contributed by atoms with E-state index < -0.39 is 0 Å². The van der Waals surface area contributed by atoms with Crippen molar-refractivity contribution < 1.29 is 9.32 Å². The van der Waals surface area contributed by atoms with Crippen LogP contribution in [0, 0.1) is 0 Å². The Morgan fingerprint density at radius 3 is 2.70 bits per heavy atom. The van der Waals surface area contributed by atoms with Gasteiger partial charge in [0, 0.05) is 38.2 Å². The minimum Gasteiger partial charge on any atom is -0.351 e. The van der Waals surface area contributed by atoms with Gasteiger partial charge < -0.3 is 9.42 Å². The molecular weight excluding hydrogens is 385 g/mol. The van der Waals surface area contributed by atoms with Gasteiger partial charge >= 0.3 is 0 Å². The van der Waals surface area contributed by atoms with Crippen molar-refractivity contribution in [1.29, 1.82) is 0 Å². The van der Waals surface area contributed by atoms with Gasteiger partial charge in [0.25, 0.3) is 5.91 Å². The second kappa shape index (κ2) is 8.21. The molecule has 2 fully saturated rings. The molecule has 1 aromatic heterocycles. The first-order chi connectivity index (χ1) is 13.1. The van der Waals surface area contributed by atoms with E-state index in [1.54, 1.807) is 0 Å². The fraction of sp³-hybridized carbons (Fsp3) is 0.500. The average molecular weight is 408 g/mol. The first kappa shape index (κ1) is 18.8. The van der Waals surface area contributed by atoms with E-state index in [4.69, 9.17) is 27.7 Å². The van der Waals surface area contributed by atoms with Gasteiger partial charge in [0.1, 0.15) is 0 Å². The SMILES string of the molecule is O=C(c1cc([C@H]2CCCN(Cc3ccc(Cl)c(Cl)c3)C2)no1)N1CCCC1. The third kappa shape index (κ3) is 4.31. The van der Waals surface area contributed by atoms with Crippen LogP contribution in [0.25, 0.3) is 0 Å². The van der Waals surface area contributed by atoms with Gasteiger partial charge in [0.05, 0.1) is 15.7 Å². The molecule has 0 saturated carbocycles. The minimum absolute atomic E-state index is 0.0327. The summed E-state index contributed by atoms with van der Waals surface area (Å²) in [7, 11) is 0. The maximum absolute atomic E-state index is 12.5. The molecule has 0 bridgehead atoms. The molecule has 7 heteroatoms. The summed E-state index contributed by atoms with van der Waals surface area (Å²) in [5, 5.41) is 5.38. The number of hydrogen-bond donors (Lipinski definition) is 0. The van der Waals surface area contributed by atoms with Crippen molar-refractivity contribution in [2.75, 3.05) is 26.2 Å². The molecule has 0 N–H and O–H groups in total. The van der Waals surface area contributed by atoms with E-state index in [9.17, 15) is 4.79 Å². The summed E-state index contributed by atoms with van der Waals surface area (Å²) in [5.74, 6) is 0.619. The van der Waals surface area contributed by atoms with Crippen molar-refractivity contribution in [3.63, 3.8) is 0 Å². The molecule has 0 unspecified atom stereocenters. The lowest BCUT2D eigenvalue weighted by Gasteiger charge is -2.31. The van der Waals surface area contributed by atoms with E-state index >= 15 is 0 Å². The number of aromatic nitrogens is 1. The Morgan fingerprint density at radius 2 is 1.93 bits per heavy atom. The maximum Gasteiger partial charge on any atom is 0.292 e. The third-order valence-corrected chi connectivity index (χ3v) is 6.19. The van der Waals surface area contributed by atoms with Crippen LogP contribution < -0.4 is 0 Å². The summed E-state index contributed by atoms with van der Waals surface area (Å²) in [6.45, 7) is 4.38. The van der Waals surface area contributed by atoms with Crippen LogP contribution in [0.3, 0.4) is 0 Å².